The first-order chi connectivity index (χ1) is 9.25. The highest BCUT2D eigenvalue weighted by Gasteiger charge is 2.30. The van der Waals surface area contributed by atoms with Gasteiger partial charge in [-0.05, 0) is 44.5 Å². The highest BCUT2D eigenvalue weighted by molar-refractivity contribution is 7.89. The summed E-state index contributed by atoms with van der Waals surface area (Å²) in [5.74, 6) is 0. The van der Waals surface area contributed by atoms with E-state index in [-0.39, 0.29) is 0 Å². The van der Waals surface area contributed by atoms with Gasteiger partial charge in [-0.15, -0.1) is 0 Å². The number of piperazine rings is 1. The third-order valence-corrected chi connectivity index (χ3v) is 6.21. The van der Waals surface area contributed by atoms with Crippen molar-refractivity contribution >= 4 is 15.7 Å². The van der Waals surface area contributed by atoms with E-state index in [0.29, 0.717) is 29.2 Å². The number of sulfonamides is 1. The minimum absolute atomic E-state index is 0.380. The topological polar surface area (TPSA) is 66.6 Å². The van der Waals surface area contributed by atoms with Gasteiger partial charge in [-0.2, -0.15) is 4.31 Å². The van der Waals surface area contributed by atoms with Crippen LogP contribution in [0.5, 0.6) is 0 Å². The summed E-state index contributed by atoms with van der Waals surface area (Å²) in [5.41, 5.74) is 8.95. The number of likely N-dealkylation sites (N-methyl/N-ethyl adjacent to an activating group) is 1. The fourth-order valence-electron chi connectivity index (χ4n) is 2.74. The molecule has 112 valence electrons. The van der Waals surface area contributed by atoms with E-state index in [2.05, 4.69) is 4.90 Å². The largest absolute Gasteiger partial charge is 0.398 e. The van der Waals surface area contributed by atoms with Gasteiger partial charge >= 0.3 is 0 Å². The zero-order valence-electron chi connectivity index (χ0n) is 12.6. The maximum absolute atomic E-state index is 12.9. The van der Waals surface area contributed by atoms with Crippen LogP contribution in [0.15, 0.2) is 11.0 Å². The molecule has 0 radical (unpaired) electrons. The van der Waals surface area contributed by atoms with Gasteiger partial charge in [-0.25, -0.2) is 8.42 Å². The third kappa shape index (κ3) is 2.55. The third-order valence-electron chi connectivity index (χ3n) is 4.02. The van der Waals surface area contributed by atoms with Crippen molar-refractivity contribution < 1.29 is 8.42 Å². The van der Waals surface area contributed by atoms with Crippen LogP contribution in [0.1, 0.15) is 16.7 Å². The molecule has 1 aliphatic heterocycles. The molecule has 1 fully saturated rings. The molecule has 1 aromatic rings. The fourth-order valence-corrected chi connectivity index (χ4v) is 4.60. The molecular formula is C14H23N3O2S. The standard InChI is InChI=1S/C14H23N3O2S/c1-10-9-11(2)14(12(3)13(10)15)20(18,19)17-7-5-16(4)6-8-17/h9H,5-8,15H2,1-4H3. The first-order valence-electron chi connectivity index (χ1n) is 6.80. The lowest BCUT2D eigenvalue weighted by Gasteiger charge is -2.32. The number of hydrogen-bond acceptors (Lipinski definition) is 4. The second-order valence-corrected chi connectivity index (χ2v) is 7.46. The average molecular weight is 297 g/mol. The summed E-state index contributed by atoms with van der Waals surface area (Å²) in [6, 6.07) is 1.85. The summed E-state index contributed by atoms with van der Waals surface area (Å²) < 4.78 is 27.3. The predicted octanol–water partition coefficient (Wildman–Crippen LogP) is 1.13. The van der Waals surface area contributed by atoms with E-state index in [1.165, 1.54) is 0 Å². The van der Waals surface area contributed by atoms with E-state index in [0.717, 1.165) is 24.2 Å². The van der Waals surface area contributed by atoms with Crippen molar-refractivity contribution in [2.75, 3.05) is 39.0 Å². The quantitative estimate of drug-likeness (QED) is 0.831. The molecule has 20 heavy (non-hydrogen) atoms. The summed E-state index contributed by atoms with van der Waals surface area (Å²) in [5, 5.41) is 0. The van der Waals surface area contributed by atoms with Gasteiger partial charge in [0.25, 0.3) is 0 Å². The molecule has 0 bridgehead atoms. The lowest BCUT2D eigenvalue weighted by molar-refractivity contribution is 0.222. The van der Waals surface area contributed by atoms with Gasteiger partial charge in [0.15, 0.2) is 0 Å². The van der Waals surface area contributed by atoms with Crippen molar-refractivity contribution in [1.29, 1.82) is 0 Å². The van der Waals surface area contributed by atoms with E-state index in [9.17, 15) is 8.42 Å². The Morgan fingerprint density at radius 3 is 2.15 bits per heavy atom. The normalized spacial score (nSPS) is 18.4. The molecule has 1 aromatic carbocycles. The molecule has 1 heterocycles. The SMILES string of the molecule is Cc1cc(C)c(S(=O)(=O)N2CCN(C)CC2)c(C)c1N. The van der Waals surface area contributed by atoms with Crippen LogP contribution in [0.3, 0.4) is 0 Å². The Bertz CT molecular complexity index is 618. The highest BCUT2D eigenvalue weighted by atomic mass is 32.2. The number of nitrogen functional groups attached to an aromatic ring is 1. The summed E-state index contributed by atoms with van der Waals surface area (Å²) in [4.78, 5) is 2.51. The van der Waals surface area contributed by atoms with Gasteiger partial charge in [-0.3, -0.25) is 0 Å². The number of rotatable bonds is 2. The minimum atomic E-state index is -3.46. The molecule has 0 atom stereocenters. The Labute approximate surface area is 121 Å². The molecule has 1 saturated heterocycles. The summed E-state index contributed by atoms with van der Waals surface area (Å²) in [7, 11) is -1.46. The second kappa shape index (κ2) is 5.35. The van der Waals surface area contributed by atoms with Crippen LogP contribution in [0.4, 0.5) is 5.69 Å². The summed E-state index contributed by atoms with van der Waals surface area (Å²) in [6.45, 7) is 8.12. The van der Waals surface area contributed by atoms with E-state index >= 15 is 0 Å². The van der Waals surface area contributed by atoms with Crippen molar-refractivity contribution in [2.45, 2.75) is 25.7 Å². The Morgan fingerprint density at radius 2 is 1.60 bits per heavy atom. The van der Waals surface area contributed by atoms with E-state index in [1.54, 1.807) is 11.2 Å². The lowest BCUT2D eigenvalue weighted by atomic mass is 10.1. The van der Waals surface area contributed by atoms with Crippen molar-refractivity contribution in [3.8, 4) is 0 Å². The number of nitrogens with two attached hydrogens (primary N) is 1. The van der Waals surface area contributed by atoms with Gasteiger partial charge in [0.05, 0.1) is 4.90 Å². The zero-order valence-corrected chi connectivity index (χ0v) is 13.4. The molecule has 5 nitrogen and oxygen atoms in total. The van der Waals surface area contributed by atoms with Crippen LogP contribution in [0, 0.1) is 20.8 Å². The van der Waals surface area contributed by atoms with Crippen LogP contribution in [0.2, 0.25) is 0 Å². The molecule has 0 amide bonds. The summed E-state index contributed by atoms with van der Waals surface area (Å²) in [6.07, 6.45) is 0. The van der Waals surface area contributed by atoms with Crippen molar-refractivity contribution in [1.82, 2.24) is 9.21 Å². The first kappa shape index (κ1) is 15.3. The molecule has 2 N–H and O–H groups in total. The Balaban J connectivity index is 2.48. The van der Waals surface area contributed by atoms with Crippen LogP contribution < -0.4 is 5.73 Å². The fraction of sp³-hybridized carbons (Fsp3) is 0.571. The van der Waals surface area contributed by atoms with Crippen molar-refractivity contribution in [3.05, 3.63) is 22.8 Å². The average Bonchev–Trinajstić information content (AvgIpc) is 2.36. The lowest BCUT2D eigenvalue weighted by Crippen LogP contribution is -2.47. The number of hydrogen-bond donors (Lipinski definition) is 1. The molecule has 6 heteroatoms. The smallest absolute Gasteiger partial charge is 0.243 e. The molecule has 1 aliphatic rings. The van der Waals surface area contributed by atoms with Crippen LogP contribution >= 0.6 is 0 Å². The van der Waals surface area contributed by atoms with E-state index in [4.69, 9.17) is 5.73 Å². The van der Waals surface area contributed by atoms with Crippen molar-refractivity contribution in [2.24, 2.45) is 0 Å². The molecule has 0 aromatic heterocycles. The monoisotopic (exact) mass is 297 g/mol. The second-order valence-electron chi connectivity index (χ2n) is 5.59. The van der Waals surface area contributed by atoms with Crippen LogP contribution in [-0.2, 0) is 10.0 Å². The molecular weight excluding hydrogens is 274 g/mol. The minimum Gasteiger partial charge on any atom is -0.398 e. The molecule has 2 rings (SSSR count). The van der Waals surface area contributed by atoms with Gasteiger partial charge in [0, 0.05) is 31.9 Å². The van der Waals surface area contributed by atoms with Gasteiger partial charge in [0.2, 0.25) is 10.0 Å². The maximum atomic E-state index is 12.9. The van der Waals surface area contributed by atoms with Crippen LogP contribution in [0.25, 0.3) is 0 Å². The van der Waals surface area contributed by atoms with Gasteiger partial charge in [-0.1, -0.05) is 6.07 Å². The number of anilines is 1. The first-order valence-corrected chi connectivity index (χ1v) is 8.24. The van der Waals surface area contributed by atoms with Gasteiger partial charge < -0.3 is 10.6 Å². The predicted molar refractivity (Wildman–Crippen MR) is 81.3 cm³/mol. The maximum Gasteiger partial charge on any atom is 0.243 e. The molecule has 0 aliphatic carbocycles. The van der Waals surface area contributed by atoms with Crippen LogP contribution in [-0.4, -0.2) is 50.8 Å². The number of nitrogens with zero attached hydrogens (tertiary/aromatic N) is 2. The molecule has 0 saturated carbocycles. The van der Waals surface area contributed by atoms with E-state index in [1.807, 2.05) is 27.0 Å². The van der Waals surface area contributed by atoms with Gasteiger partial charge in [0.1, 0.15) is 0 Å². The molecule has 0 unspecified atom stereocenters. The highest BCUT2D eigenvalue weighted by Crippen LogP contribution is 2.30. The van der Waals surface area contributed by atoms with Crippen molar-refractivity contribution in [3.63, 3.8) is 0 Å². The Morgan fingerprint density at radius 1 is 1.05 bits per heavy atom. The number of aryl methyl sites for hydroxylation is 2. The Hall–Kier alpha value is -1.11. The Kier molecular flexibility index (Phi) is 4.09. The zero-order chi connectivity index (χ0) is 15.1. The summed E-state index contributed by atoms with van der Waals surface area (Å²) >= 11 is 0. The van der Waals surface area contributed by atoms with E-state index < -0.39 is 10.0 Å². The molecule has 0 spiro atoms. The number of benzene rings is 1.